The Bertz CT molecular complexity index is 522. The molecule has 0 atom stereocenters. The first-order valence-corrected chi connectivity index (χ1v) is 5.27. The van der Waals surface area contributed by atoms with E-state index in [1.807, 2.05) is 0 Å². The summed E-state index contributed by atoms with van der Waals surface area (Å²) >= 11 is 5.82. The molecule has 2 aromatic heterocycles. The minimum Gasteiger partial charge on any atom is -0.481 e. The van der Waals surface area contributed by atoms with Crippen LogP contribution < -0.4 is 0 Å². The number of carboxylic acid groups (broad SMARTS) is 1. The second-order valence-electron chi connectivity index (χ2n) is 3.33. The van der Waals surface area contributed by atoms with Crippen LogP contribution >= 0.6 is 11.6 Å². The molecule has 0 saturated heterocycles. The van der Waals surface area contributed by atoms with Gasteiger partial charge in [0.25, 0.3) is 0 Å². The Labute approximate surface area is 101 Å². The lowest BCUT2D eigenvalue weighted by atomic mass is 10.3. The lowest BCUT2D eigenvalue weighted by molar-refractivity contribution is -0.137. The summed E-state index contributed by atoms with van der Waals surface area (Å²) < 4.78 is 6.45. The van der Waals surface area contributed by atoms with Gasteiger partial charge < -0.3 is 9.52 Å². The summed E-state index contributed by atoms with van der Waals surface area (Å²) in [7, 11) is 0. The number of furan rings is 1. The van der Waals surface area contributed by atoms with E-state index in [0.717, 1.165) is 0 Å². The molecule has 0 amide bonds. The Morgan fingerprint density at radius 2 is 2.41 bits per heavy atom. The van der Waals surface area contributed by atoms with Crippen LogP contribution in [0.3, 0.4) is 0 Å². The second-order valence-corrected chi connectivity index (χ2v) is 3.67. The molecule has 0 aliphatic carbocycles. The van der Waals surface area contributed by atoms with E-state index >= 15 is 0 Å². The summed E-state index contributed by atoms with van der Waals surface area (Å²) in [6, 6.07) is 1.65. The molecule has 17 heavy (non-hydrogen) atoms. The van der Waals surface area contributed by atoms with Crippen molar-refractivity contribution in [3.05, 3.63) is 17.5 Å². The quantitative estimate of drug-likeness (QED) is 0.870. The van der Waals surface area contributed by atoms with Gasteiger partial charge in [-0.25, -0.2) is 4.68 Å². The lowest BCUT2D eigenvalue weighted by Crippen LogP contribution is -2.05. The highest BCUT2D eigenvalue weighted by atomic mass is 35.5. The Morgan fingerprint density at radius 1 is 1.59 bits per heavy atom. The molecular formula is C9H9ClN4O3. The fourth-order valence-corrected chi connectivity index (χ4v) is 1.58. The van der Waals surface area contributed by atoms with Crippen molar-refractivity contribution in [3.63, 3.8) is 0 Å². The number of hydrogen-bond donors (Lipinski definition) is 1. The Morgan fingerprint density at radius 3 is 3.06 bits per heavy atom. The van der Waals surface area contributed by atoms with Crippen LogP contribution in [0, 0.1) is 0 Å². The third-order valence-corrected chi connectivity index (χ3v) is 2.44. The molecule has 2 aromatic rings. The SMILES string of the molecule is O=C(O)CCCn1nnnc1-c1ccoc1Cl. The van der Waals surface area contributed by atoms with E-state index in [1.54, 1.807) is 6.07 Å². The number of hydrogen-bond acceptors (Lipinski definition) is 5. The molecule has 0 unspecified atom stereocenters. The van der Waals surface area contributed by atoms with Gasteiger partial charge in [-0.2, -0.15) is 0 Å². The molecule has 0 aliphatic rings. The molecule has 0 aromatic carbocycles. The number of carbonyl (C=O) groups is 1. The van der Waals surface area contributed by atoms with Crippen LogP contribution in [0.15, 0.2) is 16.7 Å². The molecule has 90 valence electrons. The Balaban J connectivity index is 2.12. The van der Waals surface area contributed by atoms with Crippen LogP contribution in [0.1, 0.15) is 12.8 Å². The topological polar surface area (TPSA) is 94.0 Å². The van der Waals surface area contributed by atoms with E-state index < -0.39 is 5.97 Å². The van der Waals surface area contributed by atoms with Crippen LogP contribution in [0.25, 0.3) is 11.4 Å². The van der Waals surface area contributed by atoms with Gasteiger partial charge in [-0.05, 0) is 34.5 Å². The van der Waals surface area contributed by atoms with Gasteiger partial charge in [0.1, 0.15) is 0 Å². The van der Waals surface area contributed by atoms with Crippen LogP contribution in [0.4, 0.5) is 0 Å². The minimum absolute atomic E-state index is 0.0679. The smallest absolute Gasteiger partial charge is 0.303 e. The highest BCUT2D eigenvalue weighted by molar-refractivity contribution is 6.31. The molecule has 0 fully saturated rings. The highest BCUT2D eigenvalue weighted by Crippen LogP contribution is 2.26. The molecule has 2 rings (SSSR count). The van der Waals surface area contributed by atoms with Gasteiger partial charge in [-0.3, -0.25) is 4.79 Å². The van der Waals surface area contributed by atoms with Crippen molar-refractivity contribution < 1.29 is 14.3 Å². The summed E-state index contributed by atoms with van der Waals surface area (Å²) in [5.74, 6) is -0.380. The van der Waals surface area contributed by atoms with E-state index in [-0.39, 0.29) is 11.6 Å². The molecule has 0 radical (unpaired) electrons. The van der Waals surface area contributed by atoms with Crippen molar-refractivity contribution in [2.45, 2.75) is 19.4 Å². The van der Waals surface area contributed by atoms with Gasteiger partial charge in [0.2, 0.25) is 5.22 Å². The average molecular weight is 257 g/mol. The average Bonchev–Trinajstić information content (AvgIpc) is 2.86. The number of aromatic nitrogens is 4. The van der Waals surface area contributed by atoms with E-state index in [2.05, 4.69) is 15.5 Å². The fourth-order valence-electron chi connectivity index (χ4n) is 1.38. The third kappa shape index (κ3) is 2.62. The first kappa shape index (κ1) is 11.6. The minimum atomic E-state index is -0.846. The molecule has 1 N–H and O–H groups in total. The van der Waals surface area contributed by atoms with Crippen LogP contribution in [-0.4, -0.2) is 31.3 Å². The molecule has 2 heterocycles. The number of rotatable bonds is 5. The first-order valence-electron chi connectivity index (χ1n) is 4.90. The monoisotopic (exact) mass is 256 g/mol. The van der Waals surface area contributed by atoms with Crippen LogP contribution in [-0.2, 0) is 11.3 Å². The maximum atomic E-state index is 10.4. The number of carboxylic acids is 1. The largest absolute Gasteiger partial charge is 0.481 e. The van der Waals surface area contributed by atoms with Crippen molar-refractivity contribution in [1.82, 2.24) is 20.2 Å². The maximum Gasteiger partial charge on any atom is 0.303 e. The van der Waals surface area contributed by atoms with Crippen molar-refractivity contribution in [1.29, 1.82) is 0 Å². The summed E-state index contributed by atoms with van der Waals surface area (Å²) in [6.45, 7) is 0.413. The van der Waals surface area contributed by atoms with E-state index in [9.17, 15) is 4.79 Å². The van der Waals surface area contributed by atoms with Gasteiger partial charge in [0.15, 0.2) is 5.82 Å². The van der Waals surface area contributed by atoms with Crippen molar-refractivity contribution in [2.24, 2.45) is 0 Å². The molecular weight excluding hydrogens is 248 g/mol. The van der Waals surface area contributed by atoms with Crippen molar-refractivity contribution >= 4 is 17.6 Å². The van der Waals surface area contributed by atoms with E-state index in [0.29, 0.717) is 24.4 Å². The maximum absolute atomic E-state index is 10.4. The first-order chi connectivity index (χ1) is 8.18. The highest BCUT2D eigenvalue weighted by Gasteiger charge is 2.14. The van der Waals surface area contributed by atoms with Gasteiger partial charge in [-0.15, -0.1) is 5.10 Å². The molecule has 8 heteroatoms. The van der Waals surface area contributed by atoms with E-state index in [1.165, 1.54) is 10.9 Å². The normalized spacial score (nSPS) is 10.6. The molecule has 0 saturated carbocycles. The van der Waals surface area contributed by atoms with E-state index in [4.69, 9.17) is 21.1 Å². The van der Waals surface area contributed by atoms with Gasteiger partial charge in [-0.1, -0.05) is 0 Å². The van der Waals surface area contributed by atoms with Crippen molar-refractivity contribution in [3.8, 4) is 11.4 Å². The zero-order valence-corrected chi connectivity index (χ0v) is 9.46. The van der Waals surface area contributed by atoms with Crippen LogP contribution in [0.2, 0.25) is 5.22 Å². The molecule has 0 bridgehead atoms. The second kappa shape index (κ2) is 4.96. The number of tetrazole rings is 1. The Kier molecular flexibility index (Phi) is 3.38. The number of aryl methyl sites for hydroxylation is 1. The number of halogens is 1. The number of nitrogens with zero attached hydrogens (tertiary/aromatic N) is 4. The van der Waals surface area contributed by atoms with Gasteiger partial charge in [0, 0.05) is 13.0 Å². The number of aliphatic carboxylic acids is 1. The summed E-state index contributed by atoms with van der Waals surface area (Å²) in [5.41, 5.74) is 0.590. The molecule has 0 spiro atoms. The molecule has 0 aliphatic heterocycles. The van der Waals surface area contributed by atoms with Crippen molar-refractivity contribution in [2.75, 3.05) is 0 Å². The summed E-state index contributed by atoms with van der Waals surface area (Å²) in [4.78, 5) is 10.4. The summed E-state index contributed by atoms with van der Waals surface area (Å²) in [5, 5.41) is 19.9. The summed E-state index contributed by atoms with van der Waals surface area (Å²) in [6.07, 6.45) is 1.95. The predicted molar refractivity (Wildman–Crippen MR) is 57.4 cm³/mol. The zero-order chi connectivity index (χ0) is 12.3. The Hall–Kier alpha value is -1.89. The zero-order valence-electron chi connectivity index (χ0n) is 8.71. The van der Waals surface area contributed by atoms with Crippen LogP contribution in [0.5, 0.6) is 0 Å². The molecule has 7 nitrogen and oxygen atoms in total. The third-order valence-electron chi connectivity index (χ3n) is 2.15. The fraction of sp³-hybridized carbons (Fsp3) is 0.333. The lowest BCUT2D eigenvalue weighted by Gasteiger charge is -2.01. The predicted octanol–water partition coefficient (Wildman–Crippen LogP) is 1.45. The van der Waals surface area contributed by atoms with Gasteiger partial charge in [0.05, 0.1) is 11.8 Å². The standard InChI is InChI=1S/C9H9ClN4O3/c10-8-6(3-5-17-8)9-11-12-13-14(9)4-1-2-7(15)16/h3,5H,1-2,4H2,(H,15,16). The van der Waals surface area contributed by atoms with Gasteiger partial charge >= 0.3 is 5.97 Å².